The quantitative estimate of drug-likeness (QED) is 0.0499. The van der Waals surface area contributed by atoms with Gasteiger partial charge in [-0.25, -0.2) is 0 Å². The van der Waals surface area contributed by atoms with Gasteiger partial charge in [-0.05, 0) is 70.3 Å². The summed E-state index contributed by atoms with van der Waals surface area (Å²) in [5, 5.41) is 0. The maximum absolute atomic E-state index is 11.9. The lowest BCUT2D eigenvalue weighted by molar-refractivity contribution is -0.157. The number of ether oxygens (including phenoxy) is 1. The molecule has 2 heteroatoms. The first kappa shape index (κ1) is 36.7. The molecular weight excluding hydrogens is 488 g/mol. The van der Waals surface area contributed by atoms with Crippen LogP contribution in [0, 0.1) is 5.92 Å². The predicted molar refractivity (Wildman–Crippen MR) is 177 cm³/mol. The Labute approximate surface area is 250 Å². The smallest absolute Gasteiger partial charge is 0.321 e. The van der Waals surface area contributed by atoms with Crippen molar-refractivity contribution in [1.29, 1.82) is 0 Å². The van der Waals surface area contributed by atoms with Crippen LogP contribution in [0.1, 0.15) is 194 Å². The molecule has 1 aliphatic rings. The number of hydrogen-bond donors (Lipinski definition) is 0. The Morgan fingerprint density at radius 3 is 1.27 bits per heavy atom. The van der Waals surface area contributed by atoms with E-state index in [1.165, 1.54) is 141 Å². The van der Waals surface area contributed by atoms with Gasteiger partial charge in [0.05, 0.1) is 0 Å². The van der Waals surface area contributed by atoms with Gasteiger partial charge in [0.2, 0.25) is 0 Å². The van der Waals surface area contributed by atoms with Crippen molar-refractivity contribution in [2.75, 3.05) is 0 Å². The minimum atomic E-state index is -0.0167. The molecule has 0 spiro atoms. The third-order valence-electron chi connectivity index (χ3n) is 8.41. The lowest BCUT2D eigenvalue weighted by Crippen LogP contribution is -2.32. The largest absolute Gasteiger partial charge is 0.430 e. The van der Waals surface area contributed by atoms with Crippen molar-refractivity contribution in [1.82, 2.24) is 0 Å². The molecule has 0 aromatic rings. The molecular formula is C38H68O2. The monoisotopic (exact) mass is 557 g/mol. The first-order chi connectivity index (χ1) is 19.8. The van der Waals surface area contributed by atoms with Crippen LogP contribution in [-0.4, -0.2) is 5.97 Å². The maximum atomic E-state index is 11.9. The second-order valence-corrected chi connectivity index (χ2v) is 12.3. The summed E-state index contributed by atoms with van der Waals surface area (Å²) in [5.74, 6) is 0.952. The third kappa shape index (κ3) is 22.4. The van der Waals surface area contributed by atoms with Crippen molar-refractivity contribution in [3.05, 3.63) is 36.1 Å². The maximum Gasteiger partial charge on any atom is 0.321 e. The molecule has 0 N–H and O–H groups in total. The van der Waals surface area contributed by atoms with Crippen molar-refractivity contribution < 1.29 is 9.53 Å². The summed E-state index contributed by atoms with van der Waals surface area (Å²) < 4.78 is 5.34. The Kier molecular flexibility index (Phi) is 26.8. The van der Waals surface area contributed by atoms with Crippen molar-refractivity contribution in [2.45, 2.75) is 194 Å². The van der Waals surface area contributed by atoms with Gasteiger partial charge in [-0.3, -0.25) is 4.79 Å². The summed E-state index contributed by atoms with van der Waals surface area (Å²) >= 11 is 0. The van der Waals surface area contributed by atoms with Gasteiger partial charge in [0, 0.05) is 0 Å². The fourth-order valence-corrected chi connectivity index (χ4v) is 5.65. The summed E-state index contributed by atoms with van der Waals surface area (Å²) in [4.78, 5) is 11.9. The van der Waals surface area contributed by atoms with E-state index in [1.807, 2.05) is 0 Å². The van der Waals surface area contributed by atoms with Crippen LogP contribution in [0.5, 0.6) is 0 Å². The molecule has 1 atom stereocenters. The zero-order valence-corrected chi connectivity index (χ0v) is 27.1. The molecule has 1 heterocycles. The van der Waals surface area contributed by atoms with Crippen LogP contribution in [-0.2, 0) is 9.53 Å². The number of allylic oxidation sites excluding steroid dienone is 5. The number of cyclic esters (lactones) is 1. The molecule has 1 aliphatic heterocycles. The molecule has 1 saturated heterocycles. The van der Waals surface area contributed by atoms with Crippen molar-refractivity contribution >= 4 is 5.97 Å². The predicted octanol–water partition coefficient (Wildman–Crippen LogP) is 13.1. The topological polar surface area (TPSA) is 26.3 Å². The zero-order chi connectivity index (χ0) is 28.8. The highest BCUT2D eigenvalue weighted by molar-refractivity contribution is 5.82. The average Bonchev–Trinajstić information content (AvgIpc) is 2.96. The Bertz CT molecular complexity index is 644. The van der Waals surface area contributed by atoms with Crippen molar-refractivity contribution in [3.8, 4) is 0 Å². The molecule has 0 aromatic carbocycles. The van der Waals surface area contributed by atoms with Gasteiger partial charge in [-0.2, -0.15) is 0 Å². The molecule has 0 amide bonds. The molecule has 0 aromatic heterocycles. The van der Waals surface area contributed by atoms with Crippen LogP contribution in [0.15, 0.2) is 36.1 Å². The van der Waals surface area contributed by atoms with E-state index in [0.717, 1.165) is 44.3 Å². The Hall–Kier alpha value is -1.31. The number of esters is 1. The Balaban J connectivity index is 1.91. The standard InChI is InChI=1S/C38H68O2/c1-3-5-7-9-11-13-15-17-19-21-23-25-27-29-31-33-35-37-36(38(39)40-37)34-32-30-28-26-24-22-20-18-16-14-12-10-8-6-4-2/h25-28,35-36H,3-24,29-34H2,1-2H3/b27-25+,28-26+,37-35+. The summed E-state index contributed by atoms with van der Waals surface area (Å²) in [6.07, 6.45) is 48.4. The first-order valence-electron chi connectivity index (χ1n) is 18.0. The number of hydrogen-bond acceptors (Lipinski definition) is 2. The van der Waals surface area contributed by atoms with Gasteiger partial charge < -0.3 is 4.74 Å². The van der Waals surface area contributed by atoms with E-state index in [1.54, 1.807) is 0 Å². The molecule has 0 radical (unpaired) electrons. The highest BCUT2D eigenvalue weighted by Gasteiger charge is 2.36. The lowest BCUT2D eigenvalue weighted by atomic mass is 9.94. The van der Waals surface area contributed by atoms with Crippen LogP contribution in [0.2, 0.25) is 0 Å². The van der Waals surface area contributed by atoms with Gasteiger partial charge in [-0.15, -0.1) is 0 Å². The molecule has 0 saturated carbocycles. The SMILES string of the molecule is CCCCCCCCCCCC/C=C/CCC/C=C1/OC(=O)C1CCC/C=C/CCCCCCCCCCCC. The number of rotatable bonds is 30. The molecule has 0 bridgehead atoms. The normalized spacial score (nSPS) is 16.4. The van der Waals surface area contributed by atoms with E-state index in [0.29, 0.717) is 0 Å². The van der Waals surface area contributed by atoms with E-state index >= 15 is 0 Å². The van der Waals surface area contributed by atoms with Crippen LogP contribution < -0.4 is 0 Å². The van der Waals surface area contributed by atoms with Crippen molar-refractivity contribution in [2.24, 2.45) is 5.92 Å². The molecule has 1 fully saturated rings. The van der Waals surface area contributed by atoms with E-state index in [-0.39, 0.29) is 11.9 Å². The summed E-state index contributed by atoms with van der Waals surface area (Å²) in [7, 11) is 0. The van der Waals surface area contributed by atoms with E-state index in [2.05, 4.69) is 44.2 Å². The second-order valence-electron chi connectivity index (χ2n) is 12.3. The molecule has 2 nitrogen and oxygen atoms in total. The van der Waals surface area contributed by atoms with E-state index in [9.17, 15) is 4.79 Å². The van der Waals surface area contributed by atoms with Gasteiger partial charge in [0.25, 0.3) is 0 Å². The van der Waals surface area contributed by atoms with Crippen LogP contribution in [0.25, 0.3) is 0 Å². The van der Waals surface area contributed by atoms with Crippen molar-refractivity contribution in [3.63, 3.8) is 0 Å². The lowest BCUT2D eigenvalue weighted by Gasteiger charge is -2.27. The van der Waals surface area contributed by atoms with E-state index < -0.39 is 0 Å². The minimum absolute atomic E-state index is 0.0167. The summed E-state index contributed by atoms with van der Waals surface area (Å²) in [6.45, 7) is 4.57. The number of carbonyl (C=O) groups excluding carboxylic acids is 1. The highest BCUT2D eigenvalue weighted by atomic mass is 16.6. The summed E-state index contributed by atoms with van der Waals surface area (Å²) in [6, 6.07) is 0. The molecule has 0 aliphatic carbocycles. The van der Waals surface area contributed by atoms with Gasteiger partial charge in [0.15, 0.2) is 0 Å². The Morgan fingerprint density at radius 1 is 0.475 bits per heavy atom. The average molecular weight is 557 g/mol. The molecule has 40 heavy (non-hydrogen) atoms. The Morgan fingerprint density at radius 2 is 0.850 bits per heavy atom. The van der Waals surface area contributed by atoms with Crippen LogP contribution in [0.3, 0.4) is 0 Å². The van der Waals surface area contributed by atoms with Gasteiger partial charge in [0.1, 0.15) is 11.7 Å². The minimum Gasteiger partial charge on any atom is -0.430 e. The van der Waals surface area contributed by atoms with Gasteiger partial charge in [-0.1, -0.05) is 154 Å². The third-order valence-corrected chi connectivity index (χ3v) is 8.41. The fraction of sp³-hybridized carbons (Fsp3) is 0.816. The van der Waals surface area contributed by atoms with E-state index in [4.69, 9.17) is 4.74 Å². The molecule has 1 rings (SSSR count). The van der Waals surface area contributed by atoms with Crippen LogP contribution in [0.4, 0.5) is 0 Å². The number of unbranched alkanes of at least 4 members (excludes halogenated alkanes) is 23. The molecule has 1 unspecified atom stereocenters. The van der Waals surface area contributed by atoms with Crippen LogP contribution >= 0.6 is 0 Å². The fourth-order valence-electron chi connectivity index (χ4n) is 5.65. The molecule has 232 valence electrons. The van der Waals surface area contributed by atoms with Gasteiger partial charge >= 0.3 is 5.97 Å². The number of carbonyl (C=O) groups is 1. The highest BCUT2D eigenvalue weighted by Crippen LogP contribution is 2.31. The second kappa shape index (κ2) is 29.2. The summed E-state index contributed by atoms with van der Waals surface area (Å²) in [5.41, 5.74) is 0. The zero-order valence-electron chi connectivity index (χ0n) is 27.1. The first-order valence-corrected chi connectivity index (χ1v) is 18.0.